The summed E-state index contributed by atoms with van der Waals surface area (Å²) in [6.45, 7) is 10.2. The van der Waals surface area contributed by atoms with Crippen LogP contribution in [0.5, 0.6) is 0 Å². The van der Waals surface area contributed by atoms with Crippen molar-refractivity contribution in [3.05, 3.63) is 30.1 Å². The molecule has 1 aliphatic rings. The van der Waals surface area contributed by atoms with Crippen molar-refractivity contribution in [2.45, 2.75) is 52.2 Å². The molecule has 2 N–H and O–H groups in total. The van der Waals surface area contributed by atoms with E-state index in [9.17, 15) is 0 Å². The minimum Gasteiger partial charge on any atom is -0.326 e. The molecule has 2 rings (SSSR count). The van der Waals surface area contributed by atoms with E-state index >= 15 is 0 Å². The molecule has 1 aliphatic heterocycles. The third kappa shape index (κ3) is 3.15. The SMILES string of the molecule is CC1CC(C)C(C)N(C(c2ccccn2)C(C)N)C1. The first-order valence-corrected chi connectivity index (χ1v) is 7.43. The molecule has 1 aromatic rings. The molecular formula is C16H27N3. The molecule has 3 heteroatoms. The van der Waals surface area contributed by atoms with E-state index in [2.05, 4.69) is 49.7 Å². The molecule has 19 heavy (non-hydrogen) atoms. The average Bonchev–Trinajstić information content (AvgIpc) is 2.36. The maximum Gasteiger partial charge on any atom is 0.0673 e. The van der Waals surface area contributed by atoms with Gasteiger partial charge in [-0.05, 0) is 44.2 Å². The topological polar surface area (TPSA) is 42.2 Å². The number of nitrogens with two attached hydrogens (primary N) is 1. The van der Waals surface area contributed by atoms with Crippen LogP contribution in [0.25, 0.3) is 0 Å². The van der Waals surface area contributed by atoms with Crippen molar-refractivity contribution in [3.63, 3.8) is 0 Å². The van der Waals surface area contributed by atoms with Crippen LogP contribution in [0.4, 0.5) is 0 Å². The summed E-state index contributed by atoms with van der Waals surface area (Å²) in [4.78, 5) is 7.10. The summed E-state index contributed by atoms with van der Waals surface area (Å²) < 4.78 is 0. The van der Waals surface area contributed by atoms with E-state index in [-0.39, 0.29) is 12.1 Å². The summed E-state index contributed by atoms with van der Waals surface area (Å²) in [7, 11) is 0. The predicted octanol–water partition coefficient (Wildman–Crippen LogP) is 2.84. The third-order valence-corrected chi connectivity index (χ3v) is 4.49. The largest absolute Gasteiger partial charge is 0.326 e. The summed E-state index contributed by atoms with van der Waals surface area (Å²) >= 11 is 0. The number of pyridine rings is 1. The van der Waals surface area contributed by atoms with Gasteiger partial charge in [0.1, 0.15) is 0 Å². The van der Waals surface area contributed by atoms with Crippen molar-refractivity contribution < 1.29 is 0 Å². The number of rotatable bonds is 3. The van der Waals surface area contributed by atoms with E-state index in [1.54, 1.807) is 0 Å². The number of hydrogen-bond donors (Lipinski definition) is 1. The van der Waals surface area contributed by atoms with Crippen LogP contribution in [-0.2, 0) is 0 Å². The van der Waals surface area contributed by atoms with E-state index in [1.807, 2.05) is 12.3 Å². The van der Waals surface area contributed by atoms with E-state index in [0.717, 1.165) is 18.2 Å². The Balaban J connectivity index is 2.28. The zero-order valence-corrected chi connectivity index (χ0v) is 12.6. The number of hydrogen-bond acceptors (Lipinski definition) is 3. The molecule has 5 unspecified atom stereocenters. The first kappa shape index (κ1) is 14.5. The summed E-state index contributed by atoms with van der Waals surface area (Å²) in [5.41, 5.74) is 7.37. The summed E-state index contributed by atoms with van der Waals surface area (Å²) in [6.07, 6.45) is 3.18. The number of piperidine rings is 1. The summed E-state index contributed by atoms with van der Waals surface area (Å²) in [6, 6.07) is 7.00. The zero-order valence-electron chi connectivity index (χ0n) is 12.6. The Labute approximate surface area is 117 Å². The maximum atomic E-state index is 6.27. The van der Waals surface area contributed by atoms with Crippen LogP contribution >= 0.6 is 0 Å². The van der Waals surface area contributed by atoms with Gasteiger partial charge < -0.3 is 5.73 Å². The lowest BCUT2D eigenvalue weighted by atomic mass is 9.84. The lowest BCUT2D eigenvalue weighted by Crippen LogP contribution is -2.51. The molecule has 1 aromatic heterocycles. The van der Waals surface area contributed by atoms with Crippen molar-refractivity contribution in [2.75, 3.05) is 6.54 Å². The highest BCUT2D eigenvalue weighted by Gasteiger charge is 2.35. The molecule has 0 bridgehead atoms. The smallest absolute Gasteiger partial charge is 0.0673 e. The Morgan fingerprint density at radius 2 is 2.05 bits per heavy atom. The van der Waals surface area contributed by atoms with E-state index in [4.69, 9.17) is 5.73 Å². The predicted molar refractivity (Wildman–Crippen MR) is 79.7 cm³/mol. The summed E-state index contributed by atoms with van der Waals surface area (Å²) in [5, 5.41) is 0. The van der Waals surface area contributed by atoms with Crippen LogP contribution in [0.15, 0.2) is 24.4 Å². The van der Waals surface area contributed by atoms with Gasteiger partial charge in [-0.25, -0.2) is 0 Å². The van der Waals surface area contributed by atoms with Crippen molar-refractivity contribution >= 4 is 0 Å². The van der Waals surface area contributed by atoms with Gasteiger partial charge in [-0.1, -0.05) is 19.9 Å². The number of nitrogens with zero attached hydrogens (tertiary/aromatic N) is 2. The highest BCUT2D eigenvalue weighted by molar-refractivity contribution is 5.12. The Morgan fingerprint density at radius 3 is 2.63 bits per heavy atom. The first-order chi connectivity index (χ1) is 9.00. The fraction of sp³-hybridized carbons (Fsp3) is 0.688. The van der Waals surface area contributed by atoms with Gasteiger partial charge in [-0.15, -0.1) is 0 Å². The quantitative estimate of drug-likeness (QED) is 0.909. The van der Waals surface area contributed by atoms with Crippen LogP contribution in [0, 0.1) is 11.8 Å². The second kappa shape index (κ2) is 6.02. The molecule has 0 amide bonds. The fourth-order valence-corrected chi connectivity index (χ4v) is 3.42. The second-order valence-electron chi connectivity index (χ2n) is 6.31. The molecule has 5 atom stereocenters. The lowest BCUT2D eigenvalue weighted by molar-refractivity contribution is 0.0298. The molecule has 0 spiro atoms. The van der Waals surface area contributed by atoms with Gasteiger partial charge in [0.2, 0.25) is 0 Å². The molecule has 3 nitrogen and oxygen atoms in total. The minimum atomic E-state index is 0.0925. The fourth-order valence-electron chi connectivity index (χ4n) is 3.42. The standard InChI is InChI=1S/C16H27N3/c1-11-9-12(2)14(4)19(10-11)16(13(3)17)15-7-5-6-8-18-15/h5-8,11-14,16H,9-10,17H2,1-4H3. The van der Waals surface area contributed by atoms with Gasteiger partial charge >= 0.3 is 0 Å². The zero-order chi connectivity index (χ0) is 14.0. The highest BCUT2D eigenvalue weighted by Crippen LogP contribution is 2.34. The van der Waals surface area contributed by atoms with Crippen molar-refractivity contribution in [1.29, 1.82) is 0 Å². The van der Waals surface area contributed by atoms with Gasteiger partial charge in [0.25, 0.3) is 0 Å². The highest BCUT2D eigenvalue weighted by atomic mass is 15.2. The van der Waals surface area contributed by atoms with Crippen LogP contribution < -0.4 is 5.73 Å². The lowest BCUT2D eigenvalue weighted by Gasteiger charge is -2.46. The Morgan fingerprint density at radius 1 is 1.32 bits per heavy atom. The molecule has 106 valence electrons. The summed E-state index contributed by atoms with van der Waals surface area (Å²) in [5.74, 6) is 1.45. The third-order valence-electron chi connectivity index (χ3n) is 4.49. The van der Waals surface area contributed by atoms with Gasteiger partial charge in [-0.2, -0.15) is 0 Å². The number of likely N-dealkylation sites (tertiary alicyclic amines) is 1. The van der Waals surface area contributed by atoms with Crippen molar-refractivity contribution in [3.8, 4) is 0 Å². The average molecular weight is 261 g/mol. The Hall–Kier alpha value is -0.930. The molecule has 0 radical (unpaired) electrons. The molecular weight excluding hydrogens is 234 g/mol. The van der Waals surface area contributed by atoms with E-state index in [0.29, 0.717) is 12.0 Å². The molecule has 2 heterocycles. The Kier molecular flexibility index (Phi) is 4.58. The molecule has 0 saturated carbocycles. The first-order valence-electron chi connectivity index (χ1n) is 7.43. The van der Waals surface area contributed by atoms with Crippen molar-refractivity contribution in [1.82, 2.24) is 9.88 Å². The van der Waals surface area contributed by atoms with Crippen LogP contribution in [0.1, 0.15) is 45.9 Å². The molecule has 1 saturated heterocycles. The molecule has 0 aliphatic carbocycles. The van der Waals surface area contributed by atoms with Crippen molar-refractivity contribution in [2.24, 2.45) is 17.6 Å². The van der Waals surface area contributed by atoms with Crippen LogP contribution in [-0.4, -0.2) is 28.5 Å². The van der Waals surface area contributed by atoms with Gasteiger partial charge in [0.05, 0.1) is 11.7 Å². The van der Waals surface area contributed by atoms with Crippen LogP contribution in [0.2, 0.25) is 0 Å². The Bertz CT molecular complexity index is 390. The van der Waals surface area contributed by atoms with Gasteiger partial charge in [0, 0.05) is 24.8 Å². The van der Waals surface area contributed by atoms with E-state index in [1.165, 1.54) is 6.42 Å². The monoisotopic (exact) mass is 261 g/mol. The second-order valence-corrected chi connectivity index (χ2v) is 6.31. The van der Waals surface area contributed by atoms with Crippen LogP contribution in [0.3, 0.4) is 0 Å². The molecule has 0 aromatic carbocycles. The number of aromatic nitrogens is 1. The van der Waals surface area contributed by atoms with Gasteiger partial charge in [-0.3, -0.25) is 9.88 Å². The molecule has 1 fully saturated rings. The van der Waals surface area contributed by atoms with E-state index < -0.39 is 0 Å². The normalized spacial score (nSPS) is 31.9. The maximum absolute atomic E-state index is 6.27. The van der Waals surface area contributed by atoms with Gasteiger partial charge in [0.15, 0.2) is 0 Å². The minimum absolute atomic E-state index is 0.0925.